The molecular weight excluding hydrogens is 266 g/mol. The van der Waals surface area contributed by atoms with Gasteiger partial charge in [0.1, 0.15) is 0 Å². The zero-order valence-electron chi connectivity index (χ0n) is 13.7. The molecule has 21 heavy (non-hydrogen) atoms. The third-order valence-electron chi connectivity index (χ3n) is 4.17. The summed E-state index contributed by atoms with van der Waals surface area (Å²) in [6.45, 7) is 6.42. The predicted octanol–water partition coefficient (Wildman–Crippen LogP) is 1.72. The summed E-state index contributed by atoms with van der Waals surface area (Å²) in [4.78, 5) is 23.7. The van der Waals surface area contributed by atoms with E-state index in [9.17, 15) is 9.59 Å². The molecule has 0 aromatic rings. The van der Waals surface area contributed by atoms with E-state index < -0.39 is 0 Å². The van der Waals surface area contributed by atoms with Crippen molar-refractivity contribution in [2.24, 2.45) is 0 Å². The van der Waals surface area contributed by atoms with Crippen molar-refractivity contribution in [2.45, 2.75) is 83.8 Å². The normalized spacial score (nSPS) is 18.8. The Kier molecular flexibility index (Phi) is 8.35. The number of carbonyl (C=O) groups excluding carboxylic acids is 2. The van der Waals surface area contributed by atoms with Gasteiger partial charge in [-0.2, -0.15) is 0 Å². The molecule has 3 N–H and O–H groups in total. The van der Waals surface area contributed by atoms with E-state index in [1.807, 2.05) is 20.8 Å². The molecule has 0 heterocycles. The van der Waals surface area contributed by atoms with Crippen LogP contribution in [0.2, 0.25) is 0 Å². The molecule has 1 rings (SSSR count). The monoisotopic (exact) mass is 297 g/mol. The Morgan fingerprint density at radius 2 is 1.81 bits per heavy atom. The molecule has 5 nitrogen and oxygen atoms in total. The number of hydrogen-bond acceptors (Lipinski definition) is 3. The van der Waals surface area contributed by atoms with Crippen molar-refractivity contribution >= 4 is 11.8 Å². The summed E-state index contributed by atoms with van der Waals surface area (Å²) in [7, 11) is 0. The Hall–Kier alpha value is -1.10. The van der Waals surface area contributed by atoms with E-state index >= 15 is 0 Å². The molecule has 0 bridgehead atoms. The Balaban J connectivity index is 2.15. The molecule has 2 atom stereocenters. The van der Waals surface area contributed by atoms with Crippen LogP contribution in [0.15, 0.2) is 0 Å². The lowest BCUT2D eigenvalue weighted by atomic mass is 9.95. The topological polar surface area (TPSA) is 70.2 Å². The molecule has 0 radical (unpaired) electrons. The SMILES string of the molecule is CCC(C)NC(=O)CCNC(C)C(=O)NC1CCCCC1. The zero-order chi connectivity index (χ0) is 15.7. The van der Waals surface area contributed by atoms with Crippen LogP contribution < -0.4 is 16.0 Å². The highest BCUT2D eigenvalue weighted by molar-refractivity contribution is 5.81. The maximum atomic E-state index is 12.0. The van der Waals surface area contributed by atoms with Crippen LogP contribution in [0.25, 0.3) is 0 Å². The van der Waals surface area contributed by atoms with Crippen molar-refractivity contribution in [1.82, 2.24) is 16.0 Å². The lowest BCUT2D eigenvalue weighted by Crippen LogP contribution is -2.47. The van der Waals surface area contributed by atoms with Crippen molar-refractivity contribution in [3.8, 4) is 0 Å². The fraction of sp³-hybridized carbons (Fsp3) is 0.875. The smallest absolute Gasteiger partial charge is 0.237 e. The molecule has 2 unspecified atom stereocenters. The first-order valence-electron chi connectivity index (χ1n) is 8.36. The fourth-order valence-corrected chi connectivity index (χ4v) is 2.52. The molecule has 0 spiro atoms. The lowest BCUT2D eigenvalue weighted by molar-refractivity contribution is -0.124. The van der Waals surface area contributed by atoms with E-state index in [1.165, 1.54) is 19.3 Å². The van der Waals surface area contributed by atoms with Crippen LogP contribution >= 0.6 is 0 Å². The van der Waals surface area contributed by atoms with Crippen molar-refractivity contribution in [3.05, 3.63) is 0 Å². The molecule has 0 saturated heterocycles. The van der Waals surface area contributed by atoms with E-state index in [-0.39, 0.29) is 23.9 Å². The van der Waals surface area contributed by atoms with Gasteiger partial charge in [-0.05, 0) is 33.1 Å². The summed E-state index contributed by atoms with van der Waals surface area (Å²) in [5, 5.41) is 9.14. The largest absolute Gasteiger partial charge is 0.354 e. The van der Waals surface area contributed by atoms with Crippen molar-refractivity contribution in [3.63, 3.8) is 0 Å². The van der Waals surface area contributed by atoms with Crippen LogP contribution in [-0.2, 0) is 9.59 Å². The second kappa shape index (κ2) is 9.77. The maximum Gasteiger partial charge on any atom is 0.237 e. The average molecular weight is 297 g/mol. The number of nitrogens with one attached hydrogen (secondary N) is 3. The molecule has 1 aliphatic carbocycles. The summed E-state index contributed by atoms with van der Waals surface area (Å²) < 4.78 is 0. The van der Waals surface area contributed by atoms with E-state index in [0.29, 0.717) is 19.0 Å². The van der Waals surface area contributed by atoms with Gasteiger partial charge >= 0.3 is 0 Å². The third kappa shape index (κ3) is 7.46. The van der Waals surface area contributed by atoms with Gasteiger partial charge in [0.25, 0.3) is 0 Å². The van der Waals surface area contributed by atoms with Gasteiger partial charge in [-0.25, -0.2) is 0 Å². The number of hydrogen-bond donors (Lipinski definition) is 3. The quantitative estimate of drug-likeness (QED) is 0.639. The number of rotatable bonds is 8. The van der Waals surface area contributed by atoms with Gasteiger partial charge in [0, 0.05) is 25.0 Å². The minimum absolute atomic E-state index is 0.0386. The standard InChI is InChI=1S/C16H31N3O2/c1-4-12(2)18-15(20)10-11-17-13(3)16(21)19-14-8-6-5-7-9-14/h12-14,17H,4-11H2,1-3H3,(H,18,20)(H,19,21). The Bertz CT molecular complexity index is 327. The average Bonchev–Trinajstić information content (AvgIpc) is 2.47. The van der Waals surface area contributed by atoms with Crippen LogP contribution in [0.1, 0.15) is 65.7 Å². The van der Waals surface area contributed by atoms with E-state index in [4.69, 9.17) is 0 Å². The van der Waals surface area contributed by atoms with Gasteiger partial charge in [0.2, 0.25) is 11.8 Å². The molecule has 122 valence electrons. The summed E-state index contributed by atoms with van der Waals surface area (Å²) >= 11 is 0. The number of carbonyl (C=O) groups is 2. The van der Waals surface area contributed by atoms with Crippen LogP contribution in [0.4, 0.5) is 0 Å². The van der Waals surface area contributed by atoms with Gasteiger partial charge in [-0.3, -0.25) is 9.59 Å². The highest BCUT2D eigenvalue weighted by Crippen LogP contribution is 2.17. The highest BCUT2D eigenvalue weighted by atomic mass is 16.2. The van der Waals surface area contributed by atoms with Gasteiger partial charge < -0.3 is 16.0 Å². The first kappa shape index (κ1) is 18.0. The summed E-state index contributed by atoms with van der Waals surface area (Å²) in [6.07, 6.45) is 7.23. The van der Waals surface area contributed by atoms with Crippen LogP contribution in [0.3, 0.4) is 0 Å². The summed E-state index contributed by atoms with van der Waals surface area (Å²) in [5.74, 6) is 0.0842. The molecule has 0 aromatic carbocycles. The van der Waals surface area contributed by atoms with E-state index in [1.54, 1.807) is 0 Å². The second-order valence-electron chi connectivity index (χ2n) is 6.15. The van der Waals surface area contributed by atoms with Gasteiger partial charge in [-0.1, -0.05) is 26.2 Å². The van der Waals surface area contributed by atoms with Crippen LogP contribution in [-0.4, -0.2) is 36.5 Å². The first-order valence-corrected chi connectivity index (χ1v) is 8.36. The predicted molar refractivity (Wildman–Crippen MR) is 85.0 cm³/mol. The molecule has 2 amide bonds. The minimum Gasteiger partial charge on any atom is -0.354 e. The fourth-order valence-electron chi connectivity index (χ4n) is 2.52. The van der Waals surface area contributed by atoms with Gasteiger partial charge in [-0.15, -0.1) is 0 Å². The van der Waals surface area contributed by atoms with E-state index in [2.05, 4.69) is 16.0 Å². The second-order valence-corrected chi connectivity index (χ2v) is 6.15. The summed E-state index contributed by atoms with van der Waals surface area (Å²) in [6, 6.07) is 0.303. The Morgan fingerprint density at radius 1 is 1.14 bits per heavy atom. The zero-order valence-corrected chi connectivity index (χ0v) is 13.7. The Morgan fingerprint density at radius 3 is 2.43 bits per heavy atom. The van der Waals surface area contributed by atoms with Gasteiger partial charge in [0.05, 0.1) is 6.04 Å². The first-order chi connectivity index (χ1) is 10.0. The molecule has 1 saturated carbocycles. The molecular formula is C16H31N3O2. The van der Waals surface area contributed by atoms with E-state index in [0.717, 1.165) is 19.3 Å². The highest BCUT2D eigenvalue weighted by Gasteiger charge is 2.19. The third-order valence-corrected chi connectivity index (χ3v) is 4.17. The maximum absolute atomic E-state index is 12.0. The molecule has 1 aliphatic rings. The summed E-state index contributed by atoms with van der Waals surface area (Å²) in [5.41, 5.74) is 0. The Labute approximate surface area is 128 Å². The number of amides is 2. The minimum atomic E-state index is -0.247. The molecule has 1 fully saturated rings. The molecule has 0 aromatic heterocycles. The van der Waals surface area contributed by atoms with Crippen LogP contribution in [0.5, 0.6) is 0 Å². The molecule has 0 aliphatic heterocycles. The van der Waals surface area contributed by atoms with Gasteiger partial charge in [0.15, 0.2) is 0 Å². The van der Waals surface area contributed by atoms with Crippen molar-refractivity contribution < 1.29 is 9.59 Å². The lowest BCUT2D eigenvalue weighted by Gasteiger charge is -2.24. The molecule has 5 heteroatoms. The van der Waals surface area contributed by atoms with Crippen molar-refractivity contribution in [1.29, 1.82) is 0 Å². The van der Waals surface area contributed by atoms with Crippen molar-refractivity contribution in [2.75, 3.05) is 6.54 Å². The van der Waals surface area contributed by atoms with Crippen LogP contribution in [0, 0.1) is 0 Å².